The number of rotatable bonds is 6. The van der Waals surface area contributed by atoms with E-state index in [1.165, 1.54) is 9.80 Å². The molecular formula is C23H29N3O3S. The zero-order valence-corrected chi connectivity index (χ0v) is 18.6. The Morgan fingerprint density at radius 2 is 2.07 bits per heavy atom. The number of nitrogens with two attached hydrogens (primary N) is 1. The maximum atomic E-state index is 12.5. The lowest BCUT2D eigenvalue weighted by Gasteiger charge is -2.24. The van der Waals surface area contributed by atoms with Crippen LogP contribution in [0.25, 0.3) is 11.1 Å². The fraction of sp³-hybridized carbons (Fsp3) is 0.391. The quantitative estimate of drug-likeness (QED) is 0.544. The van der Waals surface area contributed by atoms with Crippen LogP contribution < -0.4 is 10.5 Å². The number of aliphatic imine (C=N–C) groups is 1. The topological polar surface area (TPSA) is 77.2 Å². The van der Waals surface area contributed by atoms with Gasteiger partial charge in [-0.3, -0.25) is 9.69 Å². The molecule has 0 fully saturated rings. The van der Waals surface area contributed by atoms with Crippen LogP contribution in [-0.2, 0) is 9.53 Å². The average molecular weight is 428 g/mol. The summed E-state index contributed by atoms with van der Waals surface area (Å²) in [6.45, 7) is 0.663. The van der Waals surface area contributed by atoms with Gasteiger partial charge in [-0.25, -0.2) is 4.99 Å². The third-order valence-electron chi connectivity index (χ3n) is 5.16. The smallest absolute Gasteiger partial charge is 0.229 e. The second-order valence-electron chi connectivity index (χ2n) is 7.25. The third-order valence-corrected chi connectivity index (χ3v) is 5.89. The Morgan fingerprint density at radius 1 is 1.27 bits per heavy atom. The number of thioether (sulfide) groups is 1. The zero-order valence-electron chi connectivity index (χ0n) is 17.8. The van der Waals surface area contributed by atoms with E-state index in [0.29, 0.717) is 30.9 Å². The Hall–Kier alpha value is -2.51. The molecule has 0 saturated heterocycles. The van der Waals surface area contributed by atoms with Gasteiger partial charge >= 0.3 is 0 Å². The van der Waals surface area contributed by atoms with Crippen LogP contribution in [0.5, 0.6) is 5.75 Å². The van der Waals surface area contributed by atoms with E-state index in [0.717, 1.165) is 24.0 Å². The van der Waals surface area contributed by atoms with Gasteiger partial charge in [0.05, 0.1) is 6.10 Å². The average Bonchev–Trinajstić information content (AvgIpc) is 2.77. The van der Waals surface area contributed by atoms with Crippen molar-refractivity contribution in [2.24, 2.45) is 10.7 Å². The highest BCUT2D eigenvalue weighted by Gasteiger charge is 2.21. The monoisotopic (exact) mass is 427 g/mol. The first-order valence-electron chi connectivity index (χ1n) is 10.1. The molecule has 0 bridgehead atoms. The molecule has 0 radical (unpaired) electrons. The Morgan fingerprint density at radius 3 is 2.83 bits per heavy atom. The maximum Gasteiger partial charge on any atom is 0.229 e. The second kappa shape index (κ2) is 10.5. The van der Waals surface area contributed by atoms with E-state index in [1.54, 1.807) is 25.9 Å². The fourth-order valence-corrected chi connectivity index (χ4v) is 3.82. The van der Waals surface area contributed by atoms with Crippen LogP contribution >= 0.6 is 11.8 Å². The summed E-state index contributed by atoms with van der Waals surface area (Å²) in [4.78, 5) is 19.6. The number of guanidine groups is 1. The van der Waals surface area contributed by atoms with E-state index in [2.05, 4.69) is 29.4 Å². The summed E-state index contributed by atoms with van der Waals surface area (Å²) in [5, 5.41) is 0. The van der Waals surface area contributed by atoms with Gasteiger partial charge < -0.3 is 15.2 Å². The minimum absolute atomic E-state index is 0.0659. The first-order valence-corrected chi connectivity index (χ1v) is 11.3. The minimum Gasteiger partial charge on any atom is -0.488 e. The summed E-state index contributed by atoms with van der Waals surface area (Å²) in [5.41, 5.74) is 8.86. The first-order chi connectivity index (χ1) is 14.5. The van der Waals surface area contributed by atoms with E-state index in [1.807, 2.05) is 24.3 Å². The van der Waals surface area contributed by atoms with Crippen molar-refractivity contribution in [3.63, 3.8) is 0 Å². The summed E-state index contributed by atoms with van der Waals surface area (Å²) >= 11 is 1.70. The van der Waals surface area contributed by atoms with Crippen LogP contribution in [0.4, 0.5) is 5.69 Å². The van der Waals surface area contributed by atoms with E-state index >= 15 is 0 Å². The van der Waals surface area contributed by atoms with Gasteiger partial charge in [-0.15, -0.1) is 11.8 Å². The Labute approximate surface area is 182 Å². The molecule has 0 aromatic heterocycles. The lowest BCUT2D eigenvalue weighted by Crippen LogP contribution is -2.39. The van der Waals surface area contributed by atoms with Crippen molar-refractivity contribution in [3.05, 3.63) is 42.5 Å². The molecule has 2 N–H and O–H groups in total. The van der Waals surface area contributed by atoms with E-state index in [9.17, 15) is 4.79 Å². The lowest BCUT2D eigenvalue weighted by atomic mass is 10.0. The van der Waals surface area contributed by atoms with Gasteiger partial charge in [0.1, 0.15) is 11.4 Å². The fourth-order valence-electron chi connectivity index (χ4n) is 3.36. The molecule has 160 valence electrons. The highest BCUT2D eigenvalue weighted by molar-refractivity contribution is 7.98. The van der Waals surface area contributed by atoms with Gasteiger partial charge in [0.15, 0.2) is 0 Å². The maximum absolute atomic E-state index is 12.5. The predicted octanol–water partition coefficient (Wildman–Crippen LogP) is 4.45. The van der Waals surface area contributed by atoms with Crippen LogP contribution in [0.1, 0.15) is 25.7 Å². The summed E-state index contributed by atoms with van der Waals surface area (Å²) in [5.74, 6) is 0.773. The van der Waals surface area contributed by atoms with Crippen molar-refractivity contribution in [1.29, 1.82) is 0 Å². The SMILES string of the molecule is COCCC[C@@H]1CCC(=O)N(C)C(N)=Nc2cc(-c3cccc(SC)c3)ccc2O1. The zero-order chi connectivity index (χ0) is 21.5. The lowest BCUT2D eigenvalue weighted by molar-refractivity contribution is -0.127. The van der Waals surface area contributed by atoms with Crippen molar-refractivity contribution < 1.29 is 14.3 Å². The highest BCUT2D eigenvalue weighted by Crippen LogP contribution is 2.36. The van der Waals surface area contributed by atoms with Crippen LogP contribution in [0.2, 0.25) is 0 Å². The largest absolute Gasteiger partial charge is 0.488 e. The summed E-state index contributed by atoms with van der Waals surface area (Å²) in [6.07, 6.45) is 4.63. The van der Waals surface area contributed by atoms with Gasteiger partial charge in [-0.05, 0) is 60.9 Å². The first kappa shape index (κ1) is 22.2. The minimum atomic E-state index is -0.0866. The van der Waals surface area contributed by atoms with Crippen molar-refractivity contribution >= 4 is 29.3 Å². The van der Waals surface area contributed by atoms with Crippen LogP contribution in [0.3, 0.4) is 0 Å². The number of hydrogen-bond acceptors (Lipinski definition) is 6. The standard InChI is InChI=1S/C23H29N3O3S/c1-26-22(27)12-10-18(7-5-13-28-2)29-21-11-9-17(15-20(21)25-23(26)24)16-6-4-8-19(14-16)30-3/h4,6,8-9,11,14-15,18H,5,7,10,12-13H2,1-3H3,(H2,24,25)/t18-/m1/s1. The van der Waals surface area contributed by atoms with Crippen LogP contribution in [0.15, 0.2) is 52.4 Å². The molecule has 2 aromatic carbocycles. The molecule has 2 aromatic rings. The summed E-state index contributed by atoms with van der Waals surface area (Å²) in [7, 11) is 3.35. The van der Waals surface area contributed by atoms with Gasteiger partial charge in [-0.2, -0.15) is 0 Å². The number of carbonyl (C=O) groups excluding carboxylic acids is 1. The van der Waals surface area contributed by atoms with Crippen molar-refractivity contribution in [3.8, 4) is 16.9 Å². The molecule has 1 atom stereocenters. The molecule has 7 heteroatoms. The second-order valence-corrected chi connectivity index (χ2v) is 8.13. The number of carbonyl (C=O) groups is 1. The molecule has 0 spiro atoms. The van der Waals surface area contributed by atoms with E-state index in [-0.39, 0.29) is 18.0 Å². The molecule has 30 heavy (non-hydrogen) atoms. The Bertz CT molecular complexity index is 916. The van der Waals surface area contributed by atoms with Crippen molar-refractivity contribution in [1.82, 2.24) is 4.90 Å². The molecule has 1 aliphatic rings. The van der Waals surface area contributed by atoms with E-state index in [4.69, 9.17) is 15.2 Å². The highest BCUT2D eigenvalue weighted by atomic mass is 32.2. The Kier molecular flexibility index (Phi) is 7.76. The summed E-state index contributed by atoms with van der Waals surface area (Å²) < 4.78 is 11.5. The Balaban J connectivity index is 1.99. The summed E-state index contributed by atoms with van der Waals surface area (Å²) in [6, 6.07) is 14.3. The van der Waals surface area contributed by atoms with Crippen LogP contribution in [-0.4, -0.2) is 49.9 Å². The number of hydrogen-bond donors (Lipinski definition) is 1. The van der Waals surface area contributed by atoms with Gasteiger partial charge in [0.2, 0.25) is 11.9 Å². The molecule has 0 saturated carbocycles. The molecule has 0 aliphatic carbocycles. The number of amides is 1. The molecule has 6 nitrogen and oxygen atoms in total. The predicted molar refractivity (Wildman–Crippen MR) is 122 cm³/mol. The normalized spacial score (nSPS) is 17.2. The molecule has 3 rings (SSSR count). The van der Waals surface area contributed by atoms with Crippen molar-refractivity contribution in [2.45, 2.75) is 36.7 Å². The molecule has 1 aliphatic heterocycles. The third kappa shape index (κ3) is 5.55. The van der Waals surface area contributed by atoms with Gasteiger partial charge in [0.25, 0.3) is 0 Å². The molecule has 1 heterocycles. The van der Waals surface area contributed by atoms with E-state index < -0.39 is 0 Å². The number of benzene rings is 2. The van der Waals surface area contributed by atoms with Gasteiger partial charge in [0, 0.05) is 32.1 Å². The van der Waals surface area contributed by atoms with Crippen LogP contribution in [0, 0.1) is 0 Å². The number of methoxy groups -OCH3 is 1. The van der Waals surface area contributed by atoms with Gasteiger partial charge in [-0.1, -0.05) is 18.2 Å². The molecule has 0 unspecified atom stereocenters. The number of ether oxygens (including phenoxy) is 2. The molecule has 1 amide bonds. The molecular weight excluding hydrogens is 398 g/mol. The number of nitrogens with zero attached hydrogens (tertiary/aromatic N) is 2. The number of fused-ring (bicyclic) bond motifs is 1. The van der Waals surface area contributed by atoms with Crippen molar-refractivity contribution in [2.75, 3.05) is 27.0 Å².